The van der Waals surface area contributed by atoms with Crippen LogP contribution >= 0.6 is 11.8 Å². The zero-order valence-corrected chi connectivity index (χ0v) is 18.7. The van der Waals surface area contributed by atoms with Gasteiger partial charge >= 0.3 is 18.2 Å². The number of aliphatic carboxylic acids is 1. The summed E-state index contributed by atoms with van der Waals surface area (Å²) in [5, 5.41) is 13.7. The van der Waals surface area contributed by atoms with Gasteiger partial charge in [0.2, 0.25) is 5.91 Å². The smallest absolute Gasteiger partial charge is 0.407 e. The van der Waals surface area contributed by atoms with Gasteiger partial charge in [-0.25, -0.2) is 4.79 Å². The van der Waals surface area contributed by atoms with Gasteiger partial charge in [-0.1, -0.05) is 48.5 Å². The number of hydrogen-bond donors (Lipinski definition) is 3. The number of carbonyl (C=O) groups excluding carboxylic acids is 2. The molecule has 34 heavy (non-hydrogen) atoms. The molecule has 1 aliphatic rings. The topological polar surface area (TPSA) is 105 Å². The summed E-state index contributed by atoms with van der Waals surface area (Å²) >= 11 is 0.585. The molecule has 0 radical (unpaired) electrons. The highest BCUT2D eigenvalue weighted by atomic mass is 32.2. The van der Waals surface area contributed by atoms with E-state index in [0.29, 0.717) is 11.8 Å². The Morgan fingerprint density at radius 2 is 1.62 bits per heavy atom. The van der Waals surface area contributed by atoms with Crippen molar-refractivity contribution < 1.29 is 37.4 Å². The number of hydrogen-bond acceptors (Lipinski definition) is 5. The molecule has 7 nitrogen and oxygen atoms in total. The number of nitrogens with one attached hydrogen (secondary N) is 2. The molecule has 0 saturated heterocycles. The Morgan fingerprint density at radius 3 is 2.18 bits per heavy atom. The fourth-order valence-electron chi connectivity index (χ4n) is 3.72. The van der Waals surface area contributed by atoms with Crippen molar-refractivity contribution in [2.24, 2.45) is 0 Å². The lowest BCUT2D eigenvalue weighted by molar-refractivity contribution is -0.139. The van der Waals surface area contributed by atoms with Crippen LogP contribution in [0.15, 0.2) is 48.5 Å². The molecule has 0 saturated carbocycles. The highest BCUT2D eigenvalue weighted by Crippen LogP contribution is 2.44. The van der Waals surface area contributed by atoms with Crippen molar-refractivity contribution >= 4 is 29.7 Å². The van der Waals surface area contributed by atoms with Gasteiger partial charge in [-0.15, -0.1) is 0 Å². The number of fused-ring (bicyclic) bond motifs is 3. The van der Waals surface area contributed by atoms with Crippen molar-refractivity contribution in [3.8, 4) is 11.1 Å². The number of amides is 2. The van der Waals surface area contributed by atoms with Gasteiger partial charge in [-0.3, -0.25) is 9.59 Å². The van der Waals surface area contributed by atoms with Crippen molar-refractivity contribution in [3.05, 3.63) is 59.7 Å². The maximum absolute atomic E-state index is 12.4. The normalized spacial score (nSPS) is 13.5. The molecule has 0 fully saturated rings. The van der Waals surface area contributed by atoms with Crippen LogP contribution in [-0.4, -0.2) is 60.0 Å². The van der Waals surface area contributed by atoms with Gasteiger partial charge < -0.3 is 20.5 Å². The van der Waals surface area contributed by atoms with Crippen LogP contribution in [0.2, 0.25) is 0 Å². The average molecular weight is 497 g/mol. The number of thioether (sulfide) groups is 1. The molecule has 0 spiro atoms. The largest absolute Gasteiger partial charge is 0.481 e. The fraction of sp³-hybridized carbons (Fsp3) is 0.348. The van der Waals surface area contributed by atoms with Crippen LogP contribution in [-0.2, 0) is 14.3 Å². The summed E-state index contributed by atoms with van der Waals surface area (Å²) in [6.07, 6.45) is -5.98. The molecule has 0 aliphatic heterocycles. The zero-order valence-electron chi connectivity index (χ0n) is 17.9. The van der Waals surface area contributed by atoms with Crippen molar-refractivity contribution in [2.75, 3.05) is 24.7 Å². The Hall–Kier alpha value is -3.21. The number of ether oxygens (including phenoxy) is 1. The molecule has 11 heteroatoms. The third-order valence-electron chi connectivity index (χ3n) is 5.14. The van der Waals surface area contributed by atoms with Gasteiger partial charge in [-0.2, -0.15) is 24.9 Å². The van der Waals surface area contributed by atoms with Crippen LogP contribution in [0.4, 0.5) is 18.0 Å². The van der Waals surface area contributed by atoms with E-state index in [2.05, 4.69) is 10.6 Å². The van der Waals surface area contributed by atoms with Gasteiger partial charge in [0.05, 0.1) is 12.2 Å². The first kappa shape index (κ1) is 25.4. The van der Waals surface area contributed by atoms with Gasteiger partial charge in [0, 0.05) is 18.2 Å². The van der Waals surface area contributed by atoms with Gasteiger partial charge in [0.1, 0.15) is 12.6 Å². The monoisotopic (exact) mass is 496 g/mol. The van der Waals surface area contributed by atoms with E-state index in [1.165, 1.54) is 0 Å². The zero-order chi connectivity index (χ0) is 24.7. The second-order valence-corrected chi connectivity index (χ2v) is 8.68. The third-order valence-corrected chi connectivity index (χ3v) is 6.17. The van der Waals surface area contributed by atoms with Crippen LogP contribution in [0.1, 0.15) is 23.5 Å². The first-order valence-electron chi connectivity index (χ1n) is 10.4. The van der Waals surface area contributed by atoms with E-state index in [1.54, 1.807) is 0 Å². The van der Waals surface area contributed by atoms with Crippen LogP contribution in [0.3, 0.4) is 0 Å². The quantitative estimate of drug-likeness (QED) is 0.433. The number of benzene rings is 2. The summed E-state index contributed by atoms with van der Waals surface area (Å²) in [7, 11) is 0. The van der Waals surface area contributed by atoms with E-state index in [0.717, 1.165) is 22.3 Å². The first-order valence-corrected chi connectivity index (χ1v) is 11.6. The van der Waals surface area contributed by atoms with Gasteiger partial charge in [-0.05, 0) is 22.3 Å². The maximum Gasteiger partial charge on any atom is 0.407 e. The Morgan fingerprint density at radius 1 is 1.03 bits per heavy atom. The molecule has 2 amide bonds. The summed E-state index contributed by atoms with van der Waals surface area (Å²) in [4.78, 5) is 35.8. The lowest BCUT2D eigenvalue weighted by Gasteiger charge is -2.18. The number of alkyl halides is 3. The Balaban J connectivity index is 1.55. The SMILES string of the molecule is O=C(O)CC(NC(=O)OCC1c2ccccc2-c2ccccc21)C(=O)NCCSCC(F)(F)F. The first-order chi connectivity index (χ1) is 16.2. The van der Waals surface area contributed by atoms with E-state index in [1.807, 2.05) is 48.5 Å². The molecule has 0 bridgehead atoms. The number of alkyl carbamates (subject to hydrolysis) is 1. The Kier molecular flexibility index (Phi) is 8.43. The lowest BCUT2D eigenvalue weighted by atomic mass is 9.98. The number of carboxylic acid groups (broad SMARTS) is 1. The van der Waals surface area contributed by atoms with E-state index in [-0.39, 0.29) is 24.8 Å². The summed E-state index contributed by atoms with van der Waals surface area (Å²) < 4.78 is 41.8. The third kappa shape index (κ3) is 6.89. The highest BCUT2D eigenvalue weighted by Gasteiger charge is 2.30. The minimum Gasteiger partial charge on any atom is -0.481 e. The molecule has 2 aromatic rings. The molecule has 1 aliphatic carbocycles. The molecule has 0 heterocycles. The Bertz CT molecular complexity index is 1000. The predicted octanol–water partition coefficient (Wildman–Crippen LogP) is 3.78. The van der Waals surface area contributed by atoms with Crippen molar-refractivity contribution in [1.29, 1.82) is 0 Å². The van der Waals surface area contributed by atoms with Crippen LogP contribution in [0.5, 0.6) is 0 Å². The van der Waals surface area contributed by atoms with Crippen LogP contribution < -0.4 is 10.6 Å². The lowest BCUT2D eigenvalue weighted by Crippen LogP contribution is -2.48. The Labute approximate surface area is 198 Å². The van der Waals surface area contributed by atoms with Gasteiger partial charge in [0.15, 0.2) is 0 Å². The number of rotatable bonds is 10. The molecule has 1 unspecified atom stereocenters. The highest BCUT2D eigenvalue weighted by molar-refractivity contribution is 7.99. The van der Waals surface area contributed by atoms with Crippen molar-refractivity contribution in [2.45, 2.75) is 24.6 Å². The van der Waals surface area contributed by atoms with E-state index < -0.39 is 42.4 Å². The summed E-state index contributed by atoms with van der Waals surface area (Å²) in [5.41, 5.74) is 4.07. The standard InChI is InChI=1S/C23H23F3N2O5S/c24-23(25,26)13-34-10-9-27-21(31)19(11-20(29)30)28-22(32)33-12-18-16-7-3-1-5-14(16)15-6-2-4-8-17(15)18/h1-8,18-19H,9-13H2,(H,27,31)(H,28,32)(H,29,30). The maximum atomic E-state index is 12.4. The summed E-state index contributed by atoms with van der Waals surface area (Å²) in [5.74, 6) is -3.43. The van der Waals surface area contributed by atoms with E-state index in [4.69, 9.17) is 9.84 Å². The van der Waals surface area contributed by atoms with E-state index in [9.17, 15) is 27.6 Å². The number of carboxylic acids is 1. The summed E-state index contributed by atoms with van der Waals surface area (Å²) in [6.45, 7) is -0.128. The molecule has 3 rings (SSSR count). The predicted molar refractivity (Wildman–Crippen MR) is 121 cm³/mol. The minimum atomic E-state index is -4.31. The molecule has 0 aromatic heterocycles. The average Bonchev–Trinajstić information content (AvgIpc) is 3.09. The number of carbonyl (C=O) groups is 3. The fourth-order valence-corrected chi connectivity index (χ4v) is 4.35. The molecular formula is C23H23F3N2O5S. The van der Waals surface area contributed by atoms with Gasteiger partial charge in [0.25, 0.3) is 0 Å². The minimum absolute atomic E-state index is 0.0179. The number of halogens is 3. The molecular weight excluding hydrogens is 473 g/mol. The van der Waals surface area contributed by atoms with Crippen LogP contribution in [0.25, 0.3) is 11.1 Å². The van der Waals surface area contributed by atoms with Crippen molar-refractivity contribution in [3.63, 3.8) is 0 Å². The van der Waals surface area contributed by atoms with Crippen LogP contribution in [0, 0.1) is 0 Å². The van der Waals surface area contributed by atoms with E-state index >= 15 is 0 Å². The second-order valence-electron chi connectivity index (χ2n) is 7.58. The van der Waals surface area contributed by atoms with Crippen molar-refractivity contribution in [1.82, 2.24) is 10.6 Å². The summed E-state index contributed by atoms with van der Waals surface area (Å²) in [6, 6.07) is 14.0. The molecule has 3 N–H and O–H groups in total. The molecule has 1 atom stereocenters. The molecule has 182 valence electrons. The second kappa shape index (κ2) is 11.3. The molecule has 2 aromatic carbocycles.